The number of imidazole rings is 1. The first-order valence-electron chi connectivity index (χ1n) is 8.56. The molecule has 0 amide bonds. The summed E-state index contributed by atoms with van der Waals surface area (Å²) in [5, 5.41) is 0. The van der Waals surface area contributed by atoms with Crippen LogP contribution >= 0.6 is 0 Å². The highest BCUT2D eigenvalue weighted by Gasteiger charge is 2.52. The maximum atomic E-state index is 12.1. The van der Waals surface area contributed by atoms with E-state index < -0.39 is 24.3 Å². The predicted octanol–water partition coefficient (Wildman–Crippen LogP) is 2.45. The summed E-state index contributed by atoms with van der Waals surface area (Å²) in [6, 6.07) is 3.55. The molecule has 2 aromatic rings. The van der Waals surface area contributed by atoms with Crippen molar-refractivity contribution in [2.24, 2.45) is 0 Å². The topological polar surface area (TPSA) is 62.6 Å². The Balaban J connectivity index is 2.23. The van der Waals surface area contributed by atoms with E-state index in [4.69, 9.17) is 14.0 Å². The molecule has 134 valence electrons. The molecule has 0 unspecified atom stereocenters. The van der Waals surface area contributed by atoms with Gasteiger partial charge in [0.25, 0.3) is 0 Å². The number of rotatable bonds is 3. The lowest BCUT2D eigenvalue weighted by molar-refractivity contribution is 0.00578. The van der Waals surface area contributed by atoms with Crippen molar-refractivity contribution in [3.63, 3.8) is 0 Å². The lowest BCUT2D eigenvalue weighted by Gasteiger charge is -2.32. The van der Waals surface area contributed by atoms with E-state index in [1.165, 1.54) is 7.11 Å². The van der Waals surface area contributed by atoms with Crippen molar-refractivity contribution in [3.8, 4) is 0 Å². The number of benzene rings is 1. The van der Waals surface area contributed by atoms with Crippen LogP contribution in [0.3, 0.4) is 0 Å². The number of esters is 1. The molecule has 1 saturated heterocycles. The molecule has 0 bridgehead atoms. The smallest absolute Gasteiger partial charge is 0.465 e. The number of ether oxygens (including phenoxy) is 1. The molecule has 1 aromatic heterocycles. The van der Waals surface area contributed by atoms with Crippen molar-refractivity contribution in [3.05, 3.63) is 23.5 Å². The van der Waals surface area contributed by atoms with Crippen LogP contribution in [0.1, 0.15) is 50.8 Å². The average Bonchev–Trinajstić information content (AvgIpc) is 2.97. The molecular formula is C18H25BN2O4. The number of methoxy groups -OCH3 is 1. The molecule has 0 saturated carbocycles. The van der Waals surface area contributed by atoms with Gasteiger partial charge in [0.2, 0.25) is 0 Å². The van der Waals surface area contributed by atoms with Crippen molar-refractivity contribution < 1.29 is 18.8 Å². The Bertz CT molecular complexity index is 825. The quantitative estimate of drug-likeness (QED) is 0.632. The molecule has 0 atom stereocenters. The summed E-state index contributed by atoms with van der Waals surface area (Å²) >= 11 is 0. The van der Waals surface area contributed by atoms with Crippen LogP contribution in [-0.4, -0.2) is 41.0 Å². The van der Waals surface area contributed by atoms with Crippen LogP contribution in [0.4, 0.5) is 0 Å². The maximum absolute atomic E-state index is 12.1. The summed E-state index contributed by atoms with van der Waals surface area (Å²) in [5.41, 5.74) is 2.01. The number of hydrogen-bond acceptors (Lipinski definition) is 5. The normalized spacial score (nSPS) is 18.8. The summed E-state index contributed by atoms with van der Waals surface area (Å²) in [6.07, 6.45) is 0. The van der Waals surface area contributed by atoms with Crippen molar-refractivity contribution in [1.29, 1.82) is 0 Å². The van der Waals surface area contributed by atoms with Gasteiger partial charge in [0.05, 0.1) is 34.9 Å². The zero-order valence-corrected chi connectivity index (χ0v) is 16.0. The molecule has 7 heteroatoms. The van der Waals surface area contributed by atoms with Gasteiger partial charge < -0.3 is 18.6 Å². The minimum Gasteiger partial charge on any atom is -0.465 e. The van der Waals surface area contributed by atoms with E-state index >= 15 is 0 Å². The number of carbonyl (C=O) groups is 1. The zero-order chi connectivity index (χ0) is 18.6. The minimum absolute atomic E-state index is 0.400. The van der Waals surface area contributed by atoms with Crippen molar-refractivity contribution in [2.45, 2.75) is 59.3 Å². The van der Waals surface area contributed by atoms with E-state index in [0.29, 0.717) is 5.56 Å². The van der Waals surface area contributed by atoms with Crippen molar-refractivity contribution in [1.82, 2.24) is 9.55 Å². The van der Waals surface area contributed by atoms with Crippen LogP contribution in [0.5, 0.6) is 0 Å². The molecule has 0 radical (unpaired) electrons. The number of fused-ring (bicyclic) bond motifs is 1. The van der Waals surface area contributed by atoms with E-state index in [-0.39, 0.29) is 0 Å². The fraction of sp³-hybridized carbons (Fsp3) is 0.556. The minimum atomic E-state index is -0.571. The van der Waals surface area contributed by atoms with Crippen LogP contribution in [0.15, 0.2) is 12.1 Å². The molecular weight excluding hydrogens is 319 g/mol. The fourth-order valence-electron chi connectivity index (χ4n) is 3.19. The molecule has 25 heavy (non-hydrogen) atoms. The van der Waals surface area contributed by atoms with Crippen LogP contribution in [-0.2, 0) is 20.6 Å². The standard InChI is InChI=1S/C18H25BN2O4/c1-8-21-11(2)20-14-10-12(16(22)23-7)9-13(15(14)21)19-24-17(3,4)18(5,6)25-19/h9-10H,8H2,1-7H3. The lowest BCUT2D eigenvalue weighted by Crippen LogP contribution is -2.41. The third-order valence-electron chi connectivity index (χ3n) is 5.31. The van der Waals surface area contributed by atoms with Gasteiger partial charge >= 0.3 is 13.1 Å². The summed E-state index contributed by atoms with van der Waals surface area (Å²) in [5.74, 6) is 0.487. The van der Waals surface area contributed by atoms with Gasteiger partial charge in [0, 0.05) is 12.0 Å². The maximum Gasteiger partial charge on any atom is 0.497 e. The molecule has 1 aliphatic rings. The first-order chi connectivity index (χ1) is 11.6. The second-order valence-corrected chi connectivity index (χ2v) is 7.42. The molecule has 0 aliphatic carbocycles. The van der Waals surface area contributed by atoms with E-state index in [9.17, 15) is 4.79 Å². The van der Waals surface area contributed by atoms with E-state index in [2.05, 4.69) is 16.5 Å². The average molecular weight is 344 g/mol. The monoisotopic (exact) mass is 344 g/mol. The van der Waals surface area contributed by atoms with Crippen LogP contribution in [0, 0.1) is 6.92 Å². The molecule has 1 fully saturated rings. The second kappa shape index (κ2) is 5.85. The van der Waals surface area contributed by atoms with E-state index in [1.807, 2.05) is 34.6 Å². The Morgan fingerprint density at radius 1 is 1.24 bits per heavy atom. The molecule has 3 rings (SSSR count). The second-order valence-electron chi connectivity index (χ2n) is 7.42. The van der Waals surface area contributed by atoms with Crippen LogP contribution in [0.2, 0.25) is 0 Å². The zero-order valence-electron chi connectivity index (χ0n) is 16.0. The Kier molecular flexibility index (Phi) is 4.20. The number of aryl methyl sites for hydroxylation is 2. The van der Waals surface area contributed by atoms with Gasteiger partial charge in [-0.3, -0.25) is 0 Å². The third-order valence-corrected chi connectivity index (χ3v) is 5.31. The SMILES string of the molecule is CCn1c(C)nc2cc(C(=O)OC)cc(B3OC(C)(C)C(C)(C)O3)c21. The van der Waals surface area contributed by atoms with Crippen LogP contribution < -0.4 is 5.46 Å². The largest absolute Gasteiger partial charge is 0.497 e. The molecule has 1 aromatic carbocycles. The summed E-state index contributed by atoms with van der Waals surface area (Å²) in [4.78, 5) is 16.7. The molecule has 1 aliphatic heterocycles. The highest BCUT2D eigenvalue weighted by atomic mass is 16.7. The van der Waals surface area contributed by atoms with Crippen LogP contribution in [0.25, 0.3) is 11.0 Å². The fourth-order valence-corrected chi connectivity index (χ4v) is 3.19. The van der Waals surface area contributed by atoms with E-state index in [0.717, 1.165) is 28.9 Å². The molecule has 2 heterocycles. The third kappa shape index (κ3) is 2.75. The molecule has 6 nitrogen and oxygen atoms in total. The lowest BCUT2D eigenvalue weighted by atomic mass is 9.77. The number of nitrogens with zero attached hydrogens (tertiary/aromatic N) is 2. The van der Waals surface area contributed by atoms with E-state index in [1.54, 1.807) is 12.1 Å². The predicted molar refractivity (Wildman–Crippen MR) is 97.2 cm³/mol. The van der Waals surface area contributed by atoms with Gasteiger partial charge in [-0.2, -0.15) is 0 Å². The van der Waals surface area contributed by atoms with Crippen molar-refractivity contribution in [2.75, 3.05) is 7.11 Å². The first-order valence-corrected chi connectivity index (χ1v) is 8.56. The van der Waals surface area contributed by atoms with Gasteiger partial charge in [-0.1, -0.05) is 0 Å². The number of carbonyl (C=O) groups excluding carboxylic acids is 1. The molecule has 0 spiro atoms. The van der Waals surface area contributed by atoms with Gasteiger partial charge in [-0.15, -0.1) is 0 Å². The number of aromatic nitrogens is 2. The summed E-state index contributed by atoms with van der Waals surface area (Å²) in [7, 11) is 0.801. The Morgan fingerprint density at radius 2 is 1.84 bits per heavy atom. The molecule has 0 N–H and O–H groups in total. The van der Waals surface area contributed by atoms with Gasteiger partial charge in [-0.25, -0.2) is 9.78 Å². The highest BCUT2D eigenvalue weighted by molar-refractivity contribution is 6.65. The number of hydrogen-bond donors (Lipinski definition) is 0. The van der Waals surface area contributed by atoms with Gasteiger partial charge in [0.15, 0.2) is 0 Å². The first kappa shape index (κ1) is 18.0. The van der Waals surface area contributed by atoms with Gasteiger partial charge in [-0.05, 0) is 53.7 Å². The summed E-state index contributed by atoms with van der Waals surface area (Å²) in [6.45, 7) is 12.8. The van der Waals surface area contributed by atoms with Crippen molar-refractivity contribution >= 4 is 29.6 Å². The van der Waals surface area contributed by atoms with Gasteiger partial charge in [0.1, 0.15) is 5.82 Å². The Hall–Kier alpha value is -1.86. The summed E-state index contributed by atoms with van der Waals surface area (Å²) < 4.78 is 19.4. The Labute approximate surface area is 148 Å². The highest BCUT2D eigenvalue weighted by Crippen LogP contribution is 2.37. The Morgan fingerprint density at radius 3 is 2.36 bits per heavy atom.